The first-order chi connectivity index (χ1) is 13.7. The van der Waals surface area contributed by atoms with E-state index in [0.717, 1.165) is 36.9 Å². The maximum atomic E-state index is 12.4. The molecule has 1 saturated heterocycles. The highest BCUT2D eigenvalue weighted by Gasteiger charge is 2.25. The number of ether oxygens (including phenoxy) is 1. The minimum atomic E-state index is -0.0581. The van der Waals surface area contributed by atoms with Gasteiger partial charge in [-0.2, -0.15) is 0 Å². The van der Waals surface area contributed by atoms with Gasteiger partial charge in [-0.1, -0.05) is 18.2 Å². The molecule has 0 bridgehead atoms. The standard InChI is InChI=1S/C21H28N4O3.HI/c1-3-22-21(23-16-17-8-5-6-9-18(17)27-4-2)25-13-11-24(12-14-25)20(26)19-10-7-15-28-19;/h5-10,15H,3-4,11-14,16H2,1-2H3,(H,22,23);1H. The molecule has 1 aliphatic heterocycles. The molecular weight excluding hydrogens is 483 g/mol. The van der Waals surface area contributed by atoms with E-state index < -0.39 is 0 Å². The summed E-state index contributed by atoms with van der Waals surface area (Å²) in [5.41, 5.74) is 1.06. The number of hydrogen-bond acceptors (Lipinski definition) is 4. The third-order valence-electron chi connectivity index (χ3n) is 4.60. The molecule has 2 aromatic rings. The number of furan rings is 1. The lowest BCUT2D eigenvalue weighted by Gasteiger charge is -2.36. The second-order valence-corrected chi connectivity index (χ2v) is 6.47. The summed E-state index contributed by atoms with van der Waals surface area (Å²) >= 11 is 0. The van der Waals surface area contributed by atoms with Gasteiger partial charge in [0.15, 0.2) is 11.7 Å². The van der Waals surface area contributed by atoms with E-state index in [9.17, 15) is 4.79 Å². The van der Waals surface area contributed by atoms with E-state index in [-0.39, 0.29) is 29.9 Å². The van der Waals surface area contributed by atoms with Gasteiger partial charge in [-0.3, -0.25) is 4.79 Å². The topological polar surface area (TPSA) is 70.3 Å². The number of hydrogen-bond donors (Lipinski definition) is 1. The molecule has 8 heteroatoms. The Labute approximate surface area is 189 Å². The van der Waals surface area contributed by atoms with Crippen LogP contribution in [0.4, 0.5) is 0 Å². The third kappa shape index (κ3) is 6.12. The van der Waals surface area contributed by atoms with E-state index in [1.54, 1.807) is 12.1 Å². The smallest absolute Gasteiger partial charge is 0.289 e. The lowest BCUT2D eigenvalue weighted by molar-refractivity contribution is 0.0657. The average molecular weight is 512 g/mol. The van der Waals surface area contributed by atoms with Gasteiger partial charge in [0.2, 0.25) is 0 Å². The number of amides is 1. The van der Waals surface area contributed by atoms with Crippen LogP contribution in [0.25, 0.3) is 0 Å². The zero-order chi connectivity index (χ0) is 19.8. The summed E-state index contributed by atoms with van der Waals surface area (Å²) in [5.74, 6) is 2.07. The van der Waals surface area contributed by atoms with Gasteiger partial charge < -0.3 is 24.3 Å². The summed E-state index contributed by atoms with van der Waals surface area (Å²) < 4.78 is 10.9. The van der Waals surface area contributed by atoms with Gasteiger partial charge in [0.25, 0.3) is 5.91 Å². The normalized spacial score (nSPS) is 14.3. The predicted octanol–water partition coefficient (Wildman–Crippen LogP) is 3.22. The molecule has 3 rings (SSSR count). The van der Waals surface area contributed by atoms with Crippen molar-refractivity contribution < 1.29 is 13.9 Å². The third-order valence-corrected chi connectivity index (χ3v) is 4.60. The van der Waals surface area contributed by atoms with E-state index >= 15 is 0 Å². The Hall–Kier alpha value is -2.23. The molecule has 0 radical (unpaired) electrons. The van der Waals surface area contributed by atoms with Crippen LogP contribution in [0.15, 0.2) is 52.1 Å². The first kappa shape index (κ1) is 23.1. The molecule has 1 amide bonds. The summed E-state index contributed by atoms with van der Waals surface area (Å²) in [6, 6.07) is 11.4. The Kier molecular flexibility index (Phi) is 9.30. The van der Waals surface area contributed by atoms with Crippen LogP contribution >= 0.6 is 24.0 Å². The Morgan fingerprint density at radius 2 is 1.83 bits per heavy atom. The number of benzene rings is 1. The monoisotopic (exact) mass is 512 g/mol. The van der Waals surface area contributed by atoms with Gasteiger partial charge in [0.05, 0.1) is 19.4 Å². The maximum Gasteiger partial charge on any atom is 0.289 e. The van der Waals surface area contributed by atoms with E-state index in [2.05, 4.69) is 17.1 Å². The number of guanidine groups is 1. The highest BCUT2D eigenvalue weighted by atomic mass is 127. The van der Waals surface area contributed by atoms with E-state index in [4.69, 9.17) is 14.1 Å². The van der Waals surface area contributed by atoms with Crippen molar-refractivity contribution in [3.05, 3.63) is 54.0 Å². The molecule has 0 saturated carbocycles. The number of piperazine rings is 1. The quantitative estimate of drug-likeness (QED) is 0.366. The molecule has 0 spiro atoms. The fourth-order valence-corrected chi connectivity index (χ4v) is 3.19. The molecular formula is C21H29IN4O3. The molecule has 1 aromatic carbocycles. The number of nitrogens with zero attached hydrogens (tertiary/aromatic N) is 3. The van der Waals surface area contributed by atoms with E-state index in [1.165, 1.54) is 6.26 Å². The first-order valence-electron chi connectivity index (χ1n) is 9.79. The van der Waals surface area contributed by atoms with Crippen LogP contribution in [0.2, 0.25) is 0 Å². The Morgan fingerprint density at radius 1 is 1.10 bits per heavy atom. The van der Waals surface area contributed by atoms with Gasteiger partial charge in [-0.25, -0.2) is 4.99 Å². The highest BCUT2D eigenvalue weighted by molar-refractivity contribution is 14.0. The van der Waals surface area contributed by atoms with Crippen LogP contribution in [0.3, 0.4) is 0 Å². The number of carbonyl (C=O) groups is 1. The SMILES string of the molecule is CCNC(=NCc1ccccc1OCC)N1CCN(C(=O)c2ccco2)CC1.I. The summed E-state index contributed by atoms with van der Waals surface area (Å²) in [7, 11) is 0. The van der Waals surface area contributed by atoms with Gasteiger partial charge in [0.1, 0.15) is 5.75 Å². The molecule has 7 nitrogen and oxygen atoms in total. The predicted molar refractivity (Wildman–Crippen MR) is 124 cm³/mol. The van der Waals surface area contributed by atoms with Crippen molar-refractivity contribution in [2.75, 3.05) is 39.3 Å². The minimum absolute atomic E-state index is 0. The Balaban J connectivity index is 0.00000300. The zero-order valence-electron chi connectivity index (χ0n) is 17.0. The number of para-hydroxylation sites is 1. The molecule has 1 aliphatic rings. The van der Waals surface area contributed by atoms with Crippen LogP contribution in [0, 0.1) is 0 Å². The first-order valence-corrected chi connectivity index (χ1v) is 9.79. The molecule has 1 aromatic heterocycles. The second kappa shape index (κ2) is 11.7. The summed E-state index contributed by atoms with van der Waals surface area (Å²) in [6.45, 7) is 8.73. The molecule has 0 atom stereocenters. The number of rotatable bonds is 6. The van der Waals surface area contributed by atoms with E-state index in [0.29, 0.717) is 32.0 Å². The van der Waals surface area contributed by atoms with Gasteiger partial charge >= 0.3 is 0 Å². The molecule has 29 heavy (non-hydrogen) atoms. The van der Waals surface area contributed by atoms with Crippen LogP contribution in [-0.2, 0) is 6.54 Å². The van der Waals surface area contributed by atoms with Crippen molar-refractivity contribution in [3.63, 3.8) is 0 Å². The lowest BCUT2D eigenvalue weighted by Crippen LogP contribution is -2.53. The average Bonchev–Trinajstić information content (AvgIpc) is 3.27. The number of halogens is 1. The molecule has 0 aliphatic carbocycles. The molecule has 2 heterocycles. The van der Waals surface area contributed by atoms with E-state index in [1.807, 2.05) is 36.1 Å². The Morgan fingerprint density at radius 3 is 2.48 bits per heavy atom. The number of carbonyl (C=O) groups excluding carboxylic acids is 1. The number of aliphatic imine (C=N–C) groups is 1. The largest absolute Gasteiger partial charge is 0.494 e. The maximum absolute atomic E-state index is 12.4. The van der Waals surface area contributed by atoms with Crippen LogP contribution < -0.4 is 10.1 Å². The van der Waals surface area contributed by atoms with Crippen LogP contribution in [0.1, 0.15) is 30.0 Å². The summed E-state index contributed by atoms with van der Waals surface area (Å²) in [4.78, 5) is 21.2. The number of nitrogens with one attached hydrogen (secondary N) is 1. The van der Waals surface area contributed by atoms with Crippen molar-refractivity contribution in [3.8, 4) is 5.75 Å². The van der Waals surface area contributed by atoms with Gasteiger partial charge in [-0.15, -0.1) is 24.0 Å². The van der Waals surface area contributed by atoms with Gasteiger partial charge in [0, 0.05) is 38.3 Å². The molecule has 1 fully saturated rings. The summed E-state index contributed by atoms with van der Waals surface area (Å²) in [5, 5.41) is 3.36. The van der Waals surface area contributed by atoms with Crippen molar-refractivity contribution in [1.82, 2.24) is 15.1 Å². The summed E-state index contributed by atoms with van der Waals surface area (Å²) in [6.07, 6.45) is 1.53. The lowest BCUT2D eigenvalue weighted by atomic mass is 10.2. The fourth-order valence-electron chi connectivity index (χ4n) is 3.19. The zero-order valence-corrected chi connectivity index (χ0v) is 19.3. The Bertz CT molecular complexity index is 787. The van der Waals surface area contributed by atoms with Crippen LogP contribution in [-0.4, -0.2) is 61.0 Å². The van der Waals surface area contributed by atoms with Gasteiger partial charge in [-0.05, 0) is 32.0 Å². The van der Waals surface area contributed by atoms with Crippen molar-refractivity contribution in [2.24, 2.45) is 4.99 Å². The van der Waals surface area contributed by atoms with Crippen molar-refractivity contribution in [2.45, 2.75) is 20.4 Å². The molecule has 0 unspecified atom stereocenters. The molecule has 1 N–H and O–H groups in total. The minimum Gasteiger partial charge on any atom is -0.494 e. The van der Waals surface area contributed by atoms with Crippen molar-refractivity contribution >= 4 is 35.8 Å². The van der Waals surface area contributed by atoms with Crippen molar-refractivity contribution in [1.29, 1.82) is 0 Å². The fraction of sp³-hybridized carbons (Fsp3) is 0.429. The second-order valence-electron chi connectivity index (χ2n) is 6.47. The molecule has 158 valence electrons. The van der Waals surface area contributed by atoms with Crippen LogP contribution in [0.5, 0.6) is 5.75 Å². The highest BCUT2D eigenvalue weighted by Crippen LogP contribution is 2.19.